The van der Waals surface area contributed by atoms with E-state index in [-0.39, 0.29) is 48.1 Å². The molecule has 0 radical (unpaired) electrons. The van der Waals surface area contributed by atoms with Crippen LogP contribution in [0.1, 0.15) is 35.7 Å². The van der Waals surface area contributed by atoms with Crippen LogP contribution in [0.2, 0.25) is 6.32 Å². The van der Waals surface area contributed by atoms with Gasteiger partial charge >= 0.3 is 13.1 Å². The number of carboxylic acids is 1. The largest absolute Gasteiger partial charge is 0.535 e. The topological polar surface area (TPSA) is 163 Å². The summed E-state index contributed by atoms with van der Waals surface area (Å²) in [6.07, 6.45) is 0.0973. The number of nitrogens with two attached hydrogens (primary N) is 1. The molecule has 32 heavy (non-hydrogen) atoms. The van der Waals surface area contributed by atoms with Crippen molar-refractivity contribution < 1.29 is 33.9 Å². The minimum Gasteiger partial charge on any atom is -0.535 e. The minimum atomic E-state index is -1.21. The predicted molar refractivity (Wildman–Crippen MR) is 116 cm³/mol. The van der Waals surface area contributed by atoms with Crippen molar-refractivity contribution in [1.29, 1.82) is 0 Å². The molecular formula is C20H29BN4O7. The van der Waals surface area contributed by atoms with Gasteiger partial charge in [0.15, 0.2) is 0 Å². The maximum absolute atomic E-state index is 12.3. The first-order valence-electron chi connectivity index (χ1n) is 10.4. The van der Waals surface area contributed by atoms with E-state index in [9.17, 15) is 24.5 Å². The molecule has 1 saturated heterocycles. The highest BCUT2D eigenvalue weighted by Gasteiger charge is 2.39. The van der Waals surface area contributed by atoms with Gasteiger partial charge in [-0.25, -0.2) is 4.79 Å². The fraction of sp³-hybridized carbons (Fsp3) is 0.550. The van der Waals surface area contributed by atoms with E-state index in [1.807, 2.05) is 11.8 Å². The second kappa shape index (κ2) is 9.35. The minimum absolute atomic E-state index is 0.0446. The highest BCUT2D eigenvalue weighted by molar-refractivity contribution is 6.44. The van der Waals surface area contributed by atoms with Gasteiger partial charge < -0.3 is 35.9 Å². The van der Waals surface area contributed by atoms with Crippen LogP contribution in [0.5, 0.6) is 11.5 Å². The number of nitrogens with zero attached hydrogens (tertiary/aromatic N) is 1. The maximum Gasteiger partial charge on any atom is 0.523 e. The molecule has 6 N–H and O–H groups in total. The van der Waals surface area contributed by atoms with Crippen molar-refractivity contribution in [2.45, 2.75) is 37.7 Å². The number of nitrogens with one attached hydrogen (secondary N) is 2. The summed E-state index contributed by atoms with van der Waals surface area (Å²) in [5.41, 5.74) is 5.52. The third-order valence-corrected chi connectivity index (χ3v) is 5.68. The van der Waals surface area contributed by atoms with Crippen molar-refractivity contribution >= 4 is 24.9 Å². The Hall–Kier alpha value is -2.83. The monoisotopic (exact) mass is 448 g/mol. The number of carbonyl (C=O) groups is 3. The molecule has 0 bridgehead atoms. The van der Waals surface area contributed by atoms with Crippen molar-refractivity contribution in [2.24, 2.45) is 5.73 Å². The number of amides is 2. The van der Waals surface area contributed by atoms with Crippen molar-refractivity contribution in [3.05, 3.63) is 23.3 Å². The van der Waals surface area contributed by atoms with Gasteiger partial charge in [-0.05, 0) is 24.5 Å². The smallest absolute Gasteiger partial charge is 0.523 e. The molecule has 3 rings (SSSR count). The van der Waals surface area contributed by atoms with Gasteiger partial charge in [0, 0.05) is 33.0 Å². The molecule has 0 unspecified atom stereocenters. The fourth-order valence-electron chi connectivity index (χ4n) is 3.90. The second-order valence-corrected chi connectivity index (χ2v) is 8.58. The van der Waals surface area contributed by atoms with Gasteiger partial charge in [-0.2, -0.15) is 0 Å². The SMILES string of the molecule is CNC(=O)CNC(=O)[C@@](C)(N)CN1CC(Oc2ccc3c(c2C(=O)O)OB(O)C[C@@H]3C)C1. The van der Waals surface area contributed by atoms with Gasteiger partial charge in [0.25, 0.3) is 0 Å². The molecule has 1 fully saturated rings. The standard InChI is InChI=1S/C20H29BN4O7/c1-11-6-21(30)32-17-13(11)4-5-14(16(17)18(27)28)31-12-8-25(9-12)10-20(2,22)19(29)24-7-15(26)23-3/h4-5,11-12,30H,6-10,22H2,1-3H3,(H,23,26)(H,24,29)(H,27,28)/t11-,20-/m0/s1. The van der Waals surface area contributed by atoms with Crippen molar-refractivity contribution in [3.63, 3.8) is 0 Å². The molecule has 174 valence electrons. The number of aromatic carboxylic acids is 1. The first kappa shape index (κ1) is 23.8. The molecule has 1 aromatic rings. The van der Waals surface area contributed by atoms with Crippen LogP contribution in [-0.4, -0.2) is 84.8 Å². The van der Waals surface area contributed by atoms with Crippen LogP contribution < -0.4 is 25.8 Å². The van der Waals surface area contributed by atoms with Gasteiger partial charge in [-0.3, -0.25) is 14.5 Å². The van der Waals surface area contributed by atoms with Crippen LogP contribution >= 0.6 is 0 Å². The lowest BCUT2D eigenvalue weighted by Crippen LogP contribution is -2.64. The lowest BCUT2D eigenvalue weighted by Gasteiger charge is -2.42. The summed E-state index contributed by atoms with van der Waals surface area (Å²) < 4.78 is 11.3. The molecule has 2 aliphatic heterocycles. The zero-order chi connectivity index (χ0) is 23.6. The van der Waals surface area contributed by atoms with Crippen molar-refractivity contribution in [1.82, 2.24) is 15.5 Å². The van der Waals surface area contributed by atoms with E-state index in [1.54, 1.807) is 19.1 Å². The number of fused-ring (bicyclic) bond motifs is 1. The molecule has 2 heterocycles. The Morgan fingerprint density at radius 3 is 2.69 bits per heavy atom. The molecule has 0 saturated carbocycles. The summed E-state index contributed by atoms with van der Waals surface area (Å²) in [5, 5.41) is 24.5. The zero-order valence-electron chi connectivity index (χ0n) is 18.4. The summed E-state index contributed by atoms with van der Waals surface area (Å²) in [6.45, 7) is 4.47. The third kappa shape index (κ3) is 5.14. The van der Waals surface area contributed by atoms with E-state index in [0.29, 0.717) is 19.4 Å². The maximum atomic E-state index is 12.3. The Bertz CT molecular complexity index is 904. The van der Waals surface area contributed by atoms with Gasteiger partial charge in [-0.15, -0.1) is 0 Å². The zero-order valence-corrected chi connectivity index (χ0v) is 18.4. The Morgan fingerprint density at radius 2 is 2.06 bits per heavy atom. The molecule has 1 aromatic carbocycles. The summed E-state index contributed by atoms with van der Waals surface area (Å²) in [7, 11) is 0.408. The van der Waals surface area contributed by atoms with Crippen LogP contribution in [0.3, 0.4) is 0 Å². The molecule has 0 spiro atoms. The number of likely N-dealkylation sites (tertiary alicyclic amines) is 1. The van der Waals surface area contributed by atoms with E-state index in [2.05, 4.69) is 10.6 Å². The van der Waals surface area contributed by atoms with Gasteiger partial charge in [-0.1, -0.05) is 13.0 Å². The van der Waals surface area contributed by atoms with Gasteiger partial charge in [0.1, 0.15) is 28.7 Å². The predicted octanol–water partition coefficient (Wildman–Crippen LogP) is -0.996. The van der Waals surface area contributed by atoms with Crippen LogP contribution in [-0.2, 0) is 9.59 Å². The highest BCUT2D eigenvalue weighted by Crippen LogP contribution is 2.42. The number of hydrogen-bond acceptors (Lipinski definition) is 8. The molecule has 0 aliphatic carbocycles. The van der Waals surface area contributed by atoms with E-state index in [0.717, 1.165) is 5.56 Å². The quantitative estimate of drug-likeness (QED) is 0.314. The van der Waals surface area contributed by atoms with E-state index >= 15 is 0 Å². The summed E-state index contributed by atoms with van der Waals surface area (Å²) >= 11 is 0. The first-order chi connectivity index (χ1) is 15.0. The molecule has 2 aliphatic rings. The van der Waals surface area contributed by atoms with Crippen molar-refractivity contribution in [2.75, 3.05) is 33.2 Å². The lowest BCUT2D eigenvalue weighted by molar-refractivity contribution is -0.130. The number of hydrogen-bond donors (Lipinski definition) is 5. The average Bonchev–Trinajstić information content (AvgIpc) is 2.68. The normalized spacial score (nSPS) is 20.3. The number of benzene rings is 1. The van der Waals surface area contributed by atoms with Crippen molar-refractivity contribution in [3.8, 4) is 11.5 Å². The Morgan fingerprint density at radius 1 is 1.38 bits per heavy atom. The lowest BCUT2D eigenvalue weighted by atomic mass is 9.72. The molecule has 0 aromatic heterocycles. The second-order valence-electron chi connectivity index (χ2n) is 8.58. The van der Waals surface area contributed by atoms with Crippen LogP contribution in [0, 0.1) is 0 Å². The first-order valence-corrected chi connectivity index (χ1v) is 10.4. The number of carboxylic acid groups (broad SMARTS) is 1. The number of rotatable bonds is 8. The summed E-state index contributed by atoms with van der Waals surface area (Å²) in [6, 6.07) is 3.37. The molecule has 11 nitrogen and oxygen atoms in total. The van der Waals surface area contributed by atoms with Gasteiger partial charge in [0.05, 0.1) is 6.54 Å². The van der Waals surface area contributed by atoms with Crippen LogP contribution in [0.4, 0.5) is 0 Å². The van der Waals surface area contributed by atoms with E-state index < -0.39 is 24.5 Å². The van der Waals surface area contributed by atoms with E-state index in [1.165, 1.54) is 7.05 Å². The molecule has 12 heteroatoms. The van der Waals surface area contributed by atoms with Gasteiger partial charge in [0.2, 0.25) is 11.8 Å². The summed E-state index contributed by atoms with van der Waals surface area (Å²) in [5.74, 6) is -1.70. The Labute approximate surface area is 186 Å². The number of likely N-dealkylation sites (N-methyl/N-ethyl adjacent to an activating group) is 1. The number of carbonyl (C=O) groups excluding carboxylic acids is 2. The molecule has 2 amide bonds. The number of ether oxygens (including phenoxy) is 1. The molecule has 2 atom stereocenters. The van der Waals surface area contributed by atoms with Crippen LogP contribution in [0.15, 0.2) is 12.1 Å². The fourth-order valence-corrected chi connectivity index (χ4v) is 3.90. The highest BCUT2D eigenvalue weighted by atomic mass is 16.5. The Balaban J connectivity index is 1.60. The summed E-state index contributed by atoms with van der Waals surface area (Å²) in [4.78, 5) is 37.4. The van der Waals surface area contributed by atoms with E-state index in [4.69, 9.17) is 15.1 Å². The average molecular weight is 448 g/mol. The Kier molecular flexibility index (Phi) is 6.96. The van der Waals surface area contributed by atoms with Crippen LogP contribution in [0.25, 0.3) is 0 Å². The third-order valence-electron chi connectivity index (χ3n) is 5.68. The molecular weight excluding hydrogens is 419 g/mol.